The number of piperidine rings is 1. The molecule has 0 radical (unpaired) electrons. The van der Waals surface area contributed by atoms with E-state index in [1.165, 1.54) is 32.1 Å². The molecule has 0 bridgehead atoms. The number of carbonyl (C=O) groups is 1. The number of nitrogens with zero attached hydrogens (tertiary/aromatic N) is 1. The van der Waals surface area contributed by atoms with Crippen molar-refractivity contribution in [2.45, 2.75) is 50.6 Å². The number of rotatable bonds is 2. The van der Waals surface area contributed by atoms with Crippen LogP contribution in [0.25, 0.3) is 0 Å². The number of pyridine rings is 1. The Morgan fingerprint density at radius 1 is 1.25 bits per heavy atom. The minimum atomic E-state index is -0.0696. The number of halogens is 1. The number of fused-ring (bicyclic) bond motifs is 1. The smallest absolute Gasteiger partial charge is 0.242 e. The summed E-state index contributed by atoms with van der Waals surface area (Å²) in [6, 6.07) is 4.16. The van der Waals surface area contributed by atoms with Crippen molar-refractivity contribution in [2.75, 3.05) is 5.32 Å². The van der Waals surface area contributed by atoms with Gasteiger partial charge in [0.25, 0.3) is 0 Å². The third-order valence-electron chi connectivity index (χ3n) is 4.45. The lowest BCUT2D eigenvalue weighted by molar-refractivity contribution is -0.119. The van der Waals surface area contributed by atoms with Gasteiger partial charge in [-0.05, 0) is 59.7 Å². The molecule has 1 aromatic heterocycles. The normalized spacial score (nSPS) is 29.6. The first-order chi connectivity index (χ1) is 9.72. The molecule has 1 aromatic rings. The monoisotopic (exact) mass is 337 g/mol. The summed E-state index contributed by atoms with van der Waals surface area (Å²) in [6.45, 7) is 0. The van der Waals surface area contributed by atoms with E-state index in [2.05, 4.69) is 31.5 Å². The highest BCUT2D eigenvalue weighted by Crippen LogP contribution is 2.32. The van der Waals surface area contributed by atoms with Gasteiger partial charge in [0.15, 0.2) is 0 Å². The van der Waals surface area contributed by atoms with Crippen LogP contribution < -0.4 is 10.6 Å². The van der Waals surface area contributed by atoms with E-state index in [0.717, 1.165) is 16.8 Å². The number of nitrogens with one attached hydrogen (secondary N) is 2. The molecule has 20 heavy (non-hydrogen) atoms. The van der Waals surface area contributed by atoms with Gasteiger partial charge in [-0.1, -0.05) is 12.8 Å². The summed E-state index contributed by atoms with van der Waals surface area (Å²) in [6.07, 6.45) is 8.97. The fraction of sp³-hybridized carbons (Fsp3) is 0.600. The molecular weight excluding hydrogens is 318 g/mol. The Bertz CT molecular complexity index is 477. The molecule has 3 rings (SSSR count). The summed E-state index contributed by atoms with van der Waals surface area (Å²) in [7, 11) is 0. The maximum Gasteiger partial charge on any atom is 0.242 e. The number of anilines is 1. The summed E-state index contributed by atoms with van der Waals surface area (Å²) in [4.78, 5) is 16.5. The summed E-state index contributed by atoms with van der Waals surface area (Å²) in [5, 5.41) is 6.44. The van der Waals surface area contributed by atoms with Crippen molar-refractivity contribution in [1.82, 2.24) is 10.3 Å². The molecule has 2 N–H and O–H groups in total. The van der Waals surface area contributed by atoms with E-state index in [0.29, 0.717) is 11.9 Å². The molecule has 1 aliphatic heterocycles. The Morgan fingerprint density at radius 3 is 2.90 bits per heavy atom. The molecule has 108 valence electrons. The molecule has 2 heterocycles. The van der Waals surface area contributed by atoms with Crippen molar-refractivity contribution in [1.29, 1.82) is 0 Å². The fourth-order valence-corrected chi connectivity index (χ4v) is 3.60. The van der Waals surface area contributed by atoms with Gasteiger partial charge in [0, 0.05) is 16.7 Å². The number of hydrogen-bond acceptors (Lipinski definition) is 3. The number of carbonyl (C=O) groups excluding carboxylic acids is 1. The van der Waals surface area contributed by atoms with E-state index < -0.39 is 0 Å². The molecule has 1 aliphatic carbocycles. The van der Waals surface area contributed by atoms with Crippen LogP contribution in [-0.4, -0.2) is 23.0 Å². The van der Waals surface area contributed by atoms with Gasteiger partial charge in [0.05, 0.1) is 6.04 Å². The Balaban J connectivity index is 1.58. The maximum atomic E-state index is 12.3. The lowest BCUT2D eigenvalue weighted by Gasteiger charge is -2.39. The molecule has 4 nitrogen and oxygen atoms in total. The van der Waals surface area contributed by atoms with Crippen LogP contribution in [0.5, 0.6) is 0 Å². The second kappa shape index (κ2) is 6.22. The SMILES string of the molecule is O=C(Nc1ccc(Br)cn1)C1CCC2CCCCC2N1. The van der Waals surface area contributed by atoms with E-state index in [1.807, 2.05) is 12.1 Å². The summed E-state index contributed by atoms with van der Waals surface area (Å²) in [5.41, 5.74) is 0. The van der Waals surface area contributed by atoms with Crippen LogP contribution in [0.4, 0.5) is 5.82 Å². The van der Waals surface area contributed by atoms with E-state index in [-0.39, 0.29) is 11.9 Å². The molecule has 1 saturated carbocycles. The summed E-state index contributed by atoms with van der Waals surface area (Å²) < 4.78 is 0.913. The molecule has 2 fully saturated rings. The van der Waals surface area contributed by atoms with E-state index in [1.54, 1.807) is 6.20 Å². The quantitative estimate of drug-likeness (QED) is 0.871. The van der Waals surface area contributed by atoms with Gasteiger partial charge in [-0.25, -0.2) is 4.98 Å². The molecule has 5 heteroatoms. The minimum Gasteiger partial charge on any atom is -0.309 e. The van der Waals surface area contributed by atoms with Crippen LogP contribution in [0.15, 0.2) is 22.8 Å². The van der Waals surface area contributed by atoms with E-state index >= 15 is 0 Å². The third-order valence-corrected chi connectivity index (χ3v) is 4.91. The molecule has 3 atom stereocenters. The first-order valence-corrected chi connectivity index (χ1v) is 8.20. The van der Waals surface area contributed by atoms with Crippen molar-refractivity contribution < 1.29 is 4.79 Å². The van der Waals surface area contributed by atoms with E-state index in [4.69, 9.17) is 0 Å². The van der Waals surface area contributed by atoms with Gasteiger partial charge in [0.2, 0.25) is 5.91 Å². The highest BCUT2D eigenvalue weighted by Gasteiger charge is 2.34. The first kappa shape index (κ1) is 14.0. The predicted octanol–water partition coefficient (Wildman–Crippen LogP) is 3.09. The molecule has 1 amide bonds. The molecule has 1 saturated heterocycles. The average molecular weight is 338 g/mol. The van der Waals surface area contributed by atoms with Gasteiger partial charge < -0.3 is 10.6 Å². The van der Waals surface area contributed by atoms with Crippen molar-refractivity contribution in [2.24, 2.45) is 5.92 Å². The first-order valence-electron chi connectivity index (χ1n) is 7.41. The Kier molecular flexibility index (Phi) is 4.36. The van der Waals surface area contributed by atoms with Gasteiger partial charge in [-0.3, -0.25) is 4.79 Å². The van der Waals surface area contributed by atoms with Gasteiger partial charge in [-0.2, -0.15) is 0 Å². The topological polar surface area (TPSA) is 54.0 Å². The lowest BCUT2D eigenvalue weighted by Crippen LogP contribution is -2.53. The van der Waals surface area contributed by atoms with Crippen LogP contribution >= 0.6 is 15.9 Å². The highest BCUT2D eigenvalue weighted by molar-refractivity contribution is 9.10. The van der Waals surface area contributed by atoms with Crippen LogP contribution in [-0.2, 0) is 4.79 Å². The molecule has 0 aromatic carbocycles. The molecule has 3 unspecified atom stereocenters. The lowest BCUT2D eigenvalue weighted by atomic mass is 9.77. The van der Waals surface area contributed by atoms with E-state index in [9.17, 15) is 4.79 Å². The molecular formula is C15H20BrN3O. The zero-order valence-corrected chi connectivity index (χ0v) is 13.0. The van der Waals surface area contributed by atoms with Gasteiger partial charge in [-0.15, -0.1) is 0 Å². The average Bonchev–Trinajstić information content (AvgIpc) is 2.49. The Hall–Kier alpha value is -0.940. The van der Waals surface area contributed by atoms with Crippen molar-refractivity contribution in [3.8, 4) is 0 Å². The predicted molar refractivity (Wildman–Crippen MR) is 82.5 cm³/mol. The van der Waals surface area contributed by atoms with Gasteiger partial charge >= 0.3 is 0 Å². The second-order valence-corrected chi connectivity index (χ2v) is 6.71. The van der Waals surface area contributed by atoms with Crippen molar-refractivity contribution in [3.05, 3.63) is 22.8 Å². The second-order valence-electron chi connectivity index (χ2n) is 5.80. The van der Waals surface area contributed by atoms with Crippen LogP contribution in [0.2, 0.25) is 0 Å². The van der Waals surface area contributed by atoms with Crippen LogP contribution in [0.3, 0.4) is 0 Å². The maximum absolute atomic E-state index is 12.3. The van der Waals surface area contributed by atoms with Crippen LogP contribution in [0, 0.1) is 5.92 Å². The van der Waals surface area contributed by atoms with Crippen LogP contribution in [0.1, 0.15) is 38.5 Å². The number of hydrogen-bond donors (Lipinski definition) is 2. The summed E-state index contributed by atoms with van der Waals surface area (Å²) in [5.74, 6) is 1.44. The fourth-order valence-electron chi connectivity index (χ4n) is 3.36. The zero-order chi connectivity index (χ0) is 13.9. The summed E-state index contributed by atoms with van der Waals surface area (Å²) >= 11 is 3.34. The highest BCUT2D eigenvalue weighted by atomic mass is 79.9. The van der Waals surface area contributed by atoms with Crippen molar-refractivity contribution >= 4 is 27.7 Å². The third kappa shape index (κ3) is 3.20. The Labute approximate surface area is 127 Å². The molecule has 2 aliphatic rings. The zero-order valence-electron chi connectivity index (χ0n) is 11.4. The Morgan fingerprint density at radius 2 is 2.10 bits per heavy atom. The molecule has 0 spiro atoms. The number of amides is 1. The number of aromatic nitrogens is 1. The minimum absolute atomic E-state index is 0.0452. The largest absolute Gasteiger partial charge is 0.309 e. The standard InChI is InChI=1S/C15H20BrN3O/c16-11-6-8-14(17-9-11)19-15(20)13-7-5-10-3-1-2-4-12(10)18-13/h6,8-10,12-13,18H,1-5,7H2,(H,17,19,20). The van der Waals surface area contributed by atoms with Crippen molar-refractivity contribution in [3.63, 3.8) is 0 Å². The van der Waals surface area contributed by atoms with Gasteiger partial charge in [0.1, 0.15) is 5.82 Å².